The number of benzene rings is 9. The molecule has 0 saturated carbocycles. The monoisotopic (exact) mass is 902 g/mol. The Kier molecular flexibility index (Phi) is 11.0. The fourth-order valence-electron chi connectivity index (χ4n) is 10.0. The minimum Gasteiger partial charge on any atom is -0.458 e. The smallest absolute Gasteiger partial charge is 0.269 e. The van der Waals surface area contributed by atoms with Crippen LogP contribution in [0.2, 0.25) is 0 Å². The number of rotatable bonds is 11. The summed E-state index contributed by atoms with van der Waals surface area (Å²) in [4.78, 5) is 5.25. The van der Waals surface area contributed by atoms with Gasteiger partial charge >= 0.3 is 0 Å². The molecule has 1 atom stereocenters. The van der Waals surface area contributed by atoms with E-state index >= 15 is 0 Å². The highest BCUT2D eigenvalue weighted by Crippen LogP contribution is 2.41. The SMILES string of the molecule is CC(C)C(C)c1cc(-n2c3ccc(-c4ccccc4)cc3c3ccc(Oc4cccc(-n5[c-][n+](-c6c(-c7ccccc7)cccc6-c6ccccc6)c6ccccc65)c4)cc32)ncc1-c1ccccc1. The maximum Gasteiger partial charge on any atom is 0.269 e. The molecule has 0 spiro atoms. The Morgan fingerprint density at radius 3 is 1.73 bits per heavy atom. The molecule has 0 amide bonds. The second kappa shape index (κ2) is 18.0. The number of fused-ring (bicyclic) bond motifs is 4. The third-order valence-corrected chi connectivity index (χ3v) is 13.9. The first-order valence-corrected chi connectivity index (χ1v) is 24.1. The number of nitrogens with zero attached hydrogens (tertiary/aromatic N) is 4. The molecule has 0 radical (unpaired) electrons. The minimum atomic E-state index is 0.301. The van der Waals surface area contributed by atoms with Crippen LogP contribution in [0.15, 0.2) is 237 Å². The average Bonchev–Trinajstić information content (AvgIpc) is 3.97. The molecule has 0 bridgehead atoms. The summed E-state index contributed by atoms with van der Waals surface area (Å²) in [5, 5.41) is 2.29. The van der Waals surface area contributed by atoms with Crippen LogP contribution in [0.1, 0.15) is 32.3 Å². The van der Waals surface area contributed by atoms with Gasteiger partial charge in [-0.2, -0.15) is 0 Å². The molecule has 0 aliphatic heterocycles. The van der Waals surface area contributed by atoms with Crippen LogP contribution in [0.25, 0.3) is 94.5 Å². The summed E-state index contributed by atoms with van der Waals surface area (Å²) in [5.41, 5.74) is 16.7. The summed E-state index contributed by atoms with van der Waals surface area (Å²) in [6, 6.07) is 81.4. The van der Waals surface area contributed by atoms with Crippen molar-refractivity contribution in [2.24, 2.45) is 5.92 Å². The van der Waals surface area contributed by atoms with Crippen molar-refractivity contribution >= 4 is 32.8 Å². The molecule has 12 aromatic rings. The molecule has 0 aliphatic carbocycles. The van der Waals surface area contributed by atoms with E-state index in [9.17, 15) is 0 Å². The topological polar surface area (TPSA) is 35.9 Å². The van der Waals surface area contributed by atoms with Crippen molar-refractivity contribution in [2.45, 2.75) is 26.7 Å². The Morgan fingerprint density at radius 2 is 1.06 bits per heavy atom. The van der Waals surface area contributed by atoms with Gasteiger partial charge in [-0.15, -0.1) is 0 Å². The summed E-state index contributed by atoms with van der Waals surface area (Å²) < 4.78 is 13.6. The quantitative estimate of drug-likeness (QED) is 0.0958. The maximum absolute atomic E-state index is 6.89. The first-order chi connectivity index (χ1) is 34.5. The predicted octanol–water partition coefficient (Wildman–Crippen LogP) is 16.4. The number of aromatic nitrogens is 4. The van der Waals surface area contributed by atoms with Gasteiger partial charge in [-0.1, -0.05) is 197 Å². The first-order valence-electron chi connectivity index (χ1n) is 24.1. The predicted molar refractivity (Wildman–Crippen MR) is 287 cm³/mol. The van der Waals surface area contributed by atoms with Crippen molar-refractivity contribution in [3.8, 4) is 73.2 Å². The average molecular weight is 903 g/mol. The fourth-order valence-corrected chi connectivity index (χ4v) is 10.0. The van der Waals surface area contributed by atoms with E-state index < -0.39 is 0 Å². The summed E-state index contributed by atoms with van der Waals surface area (Å²) in [6.45, 7) is 6.92. The Balaban J connectivity index is 0.981. The largest absolute Gasteiger partial charge is 0.458 e. The van der Waals surface area contributed by atoms with Gasteiger partial charge in [0.2, 0.25) is 0 Å². The lowest BCUT2D eigenvalue weighted by Crippen LogP contribution is -2.31. The molecule has 0 aliphatic rings. The summed E-state index contributed by atoms with van der Waals surface area (Å²) in [7, 11) is 0. The van der Waals surface area contributed by atoms with Gasteiger partial charge in [0.05, 0.1) is 33.4 Å². The molecule has 9 aromatic carbocycles. The molecule has 0 saturated heterocycles. The zero-order valence-corrected chi connectivity index (χ0v) is 39.4. The van der Waals surface area contributed by atoms with Crippen molar-refractivity contribution in [3.63, 3.8) is 0 Å². The highest BCUT2D eigenvalue weighted by Gasteiger charge is 2.22. The lowest BCUT2D eigenvalue weighted by Gasteiger charge is -2.21. The van der Waals surface area contributed by atoms with Crippen LogP contribution in [0.3, 0.4) is 0 Å². The van der Waals surface area contributed by atoms with Gasteiger partial charge in [0.25, 0.3) is 6.33 Å². The second-order valence-electron chi connectivity index (χ2n) is 18.4. The van der Waals surface area contributed by atoms with Crippen molar-refractivity contribution < 1.29 is 9.30 Å². The third kappa shape index (κ3) is 7.72. The normalized spacial score (nSPS) is 12.0. The number of imidazole rings is 1. The molecule has 3 aromatic heterocycles. The minimum absolute atomic E-state index is 0.301. The molecule has 5 heteroatoms. The highest BCUT2D eigenvalue weighted by atomic mass is 16.5. The van der Waals surface area contributed by atoms with E-state index in [1.165, 1.54) is 22.3 Å². The first kappa shape index (κ1) is 42.5. The standard InChI is InChI=1S/C65H50N4O/c1-44(2)45(3)57-41-64(66-42-59(57)49-26-14-7-15-27-49)69-60-37-34-50(46-20-8-4-9-21-46)38-58(60)56-36-35-53(40-63(56)69)70-52-29-18-28-51(39-52)67-43-68(62-33-17-16-32-61(62)67)65-54(47-22-10-5-11-23-47)30-19-31-55(65)48-24-12-6-13-25-48/h4-42,44-45H,1-3H3. The molecule has 5 nitrogen and oxygen atoms in total. The zero-order chi connectivity index (χ0) is 47.1. The van der Waals surface area contributed by atoms with E-state index in [1.54, 1.807) is 0 Å². The van der Waals surface area contributed by atoms with E-state index in [0.717, 1.165) is 89.3 Å². The molecule has 1 unspecified atom stereocenters. The van der Waals surface area contributed by atoms with Crippen LogP contribution in [-0.4, -0.2) is 14.1 Å². The molecular formula is C65H50N4O. The van der Waals surface area contributed by atoms with E-state index in [1.807, 2.05) is 6.07 Å². The molecular weight excluding hydrogens is 853 g/mol. The summed E-state index contributed by atoms with van der Waals surface area (Å²) >= 11 is 0. The molecule has 336 valence electrons. The number of hydrogen-bond acceptors (Lipinski definition) is 2. The van der Waals surface area contributed by atoms with E-state index in [4.69, 9.17) is 9.72 Å². The van der Waals surface area contributed by atoms with Gasteiger partial charge in [0, 0.05) is 28.6 Å². The van der Waals surface area contributed by atoms with Crippen LogP contribution in [0, 0.1) is 12.2 Å². The Bertz CT molecular complexity index is 3780. The summed E-state index contributed by atoms with van der Waals surface area (Å²) in [6.07, 6.45) is 5.88. The van der Waals surface area contributed by atoms with Crippen molar-refractivity contribution in [1.82, 2.24) is 14.1 Å². The van der Waals surface area contributed by atoms with Crippen LogP contribution in [0.4, 0.5) is 0 Å². The van der Waals surface area contributed by atoms with Crippen molar-refractivity contribution in [1.29, 1.82) is 0 Å². The molecule has 0 fully saturated rings. The van der Waals surface area contributed by atoms with Crippen LogP contribution in [0.5, 0.6) is 11.5 Å². The summed E-state index contributed by atoms with van der Waals surface area (Å²) in [5.74, 6) is 3.06. The number of pyridine rings is 1. The van der Waals surface area contributed by atoms with Gasteiger partial charge < -0.3 is 4.74 Å². The van der Waals surface area contributed by atoms with Gasteiger partial charge in [-0.3, -0.25) is 13.7 Å². The van der Waals surface area contributed by atoms with Gasteiger partial charge in [-0.05, 0) is 105 Å². The van der Waals surface area contributed by atoms with Crippen molar-refractivity contribution in [3.05, 3.63) is 249 Å². The van der Waals surface area contributed by atoms with Gasteiger partial charge in [-0.25, -0.2) is 4.98 Å². The zero-order valence-electron chi connectivity index (χ0n) is 39.4. The van der Waals surface area contributed by atoms with Crippen LogP contribution >= 0.6 is 0 Å². The van der Waals surface area contributed by atoms with Gasteiger partial charge in [0.15, 0.2) is 0 Å². The number of ether oxygens (including phenoxy) is 1. The fraction of sp³-hybridized carbons (Fsp3) is 0.0769. The Labute approximate surface area is 408 Å². The number of hydrogen-bond donors (Lipinski definition) is 0. The van der Waals surface area contributed by atoms with Crippen LogP contribution < -0.4 is 9.30 Å². The van der Waals surface area contributed by atoms with Gasteiger partial charge in [0.1, 0.15) is 17.3 Å². The third-order valence-electron chi connectivity index (χ3n) is 13.9. The van der Waals surface area contributed by atoms with E-state index in [-0.39, 0.29) is 0 Å². The molecule has 0 N–H and O–H groups in total. The Morgan fingerprint density at radius 1 is 0.457 bits per heavy atom. The van der Waals surface area contributed by atoms with Crippen LogP contribution in [-0.2, 0) is 0 Å². The molecule has 12 rings (SSSR count). The lowest BCUT2D eigenvalue weighted by molar-refractivity contribution is -0.571. The number of para-hydroxylation sites is 3. The second-order valence-corrected chi connectivity index (χ2v) is 18.4. The highest BCUT2D eigenvalue weighted by molar-refractivity contribution is 6.10. The van der Waals surface area contributed by atoms with Crippen molar-refractivity contribution in [2.75, 3.05) is 0 Å². The lowest BCUT2D eigenvalue weighted by atomic mass is 9.86. The molecule has 3 heterocycles. The Hall–Kier alpha value is -8.80. The molecule has 70 heavy (non-hydrogen) atoms. The van der Waals surface area contributed by atoms with E-state index in [0.29, 0.717) is 11.8 Å². The van der Waals surface area contributed by atoms with E-state index in [2.05, 4.69) is 271 Å². The maximum atomic E-state index is 6.89.